The maximum atomic E-state index is 12.8. The Morgan fingerprint density at radius 3 is 2.65 bits per heavy atom. The van der Waals surface area contributed by atoms with Crippen LogP contribution in [0.15, 0.2) is 6.20 Å². The number of alkyl halides is 2. The molecule has 0 aliphatic rings. The molecule has 0 bridgehead atoms. The minimum Gasteiger partial charge on any atom is -0.495 e. The molecule has 1 aromatic heterocycles. The van der Waals surface area contributed by atoms with Crippen LogP contribution in [0, 0.1) is 0 Å². The summed E-state index contributed by atoms with van der Waals surface area (Å²) in [6.07, 6.45) is -1.98. The summed E-state index contributed by atoms with van der Waals surface area (Å²) in [4.78, 5) is 14.7. The molecule has 0 saturated heterocycles. The summed E-state index contributed by atoms with van der Waals surface area (Å²) in [5.74, 6) is -0.893. The fraction of sp³-hybridized carbons (Fsp3) is 0.400. The smallest absolute Gasteiger partial charge is 0.310 e. The maximum absolute atomic E-state index is 12.8. The maximum Gasteiger partial charge on any atom is 0.310 e. The van der Waals surface area contributed by atoms with Gasteiger partial charge in [0, 0.05) is 5.56 Å². The van der Waals surface area contributed by atoms with Crippen LogP contribution in [0.25, 0.3) is 0 Å². The molecule has 1 heterocycles. The lowest BCUT2D eigenvalue weighted by molar-refractivity contribution is -0.139. The number of rotatable bonds is 4. The van der Waals surface area contributed by atoms with Crippen molar-refractivity contribution in [3.63, 3.8) is 0 Å². The molecule has 1 aromatic rings. The van der Waals surface area contributed by atoms with Gasteiger partial charge < -0.3 is 15.2 Å². The SMILES string of the molecule is COC(=O)Cc1c(OC)cnc(N)c1C(F)F. The van der Waals surface area contributed by atoms with Gasteiger partial charge in [0.2, 0.25) is 0 Å². The van der Waals surface area contributed by atoms with Gasteiger partial charge in [0.25, 0.3) is 6.43 Å². The lowest BCUT2D eigenvalue weighted by Crippen LogP contribution is -2.11. The number of aromatic nitrogens is 1. The number of nitrogens with zero attached hydrogens (tertiary/aromatic N) is 1. The first-order valence-electron chi connectivity index (χ1n) is 4.67. The molecule has 0 radical (unpaired) electrons. The number of nitrogens with two attached hydrogens (primary N) is 1. The number of pyridine rings is 1. The highest BCUT2D eigenvalue weighted by atomic mass is 19.3. The van der Waals surface area contributed by atoms with Gasteiger partial charge in [-0.1, -0.05) is 0 Å². The van der Waals surface area contributed by atoms with Crippen LogP contribution < -0.4 is 10.5 Å². The molecule has 0 aliphatic carbocycles. The number of esters is 1. The van der Waals surface area contributed by atoms with E-state index in [1.54, 1.807) is 0 Å². The zero-order valence-corrected chi connectivity index (χ0v) is 9.37. The lowest BCUT2D eigenvalue weighted by Gasteiger charge is -2.13. The molecule has 2 N–H and O–H groups in total. The van der Waals surface area contributed by atoms with E-state index in [0.717, 1.165) is 0 Å². The number of anilines is 1. The van der Waals surface area contributed by atoms with Crippen LogP contribution in [-0.2, 0) is 16.0 Å². The van der Waals surface area contributed by atoms with Crippen molar-refractivity contribution in [2.75, 3.05) is 20.0 Å². The van der Waals surface area contributed by atoms with Crippen molar-refractivity contribution in [2.45, 2.75) is 12.8 Å². The van der Waals surface area contributed by atoms with Gasteiger partial charge in [0.05, 0.1) is 32.4 Å². The first kappa shape index (κ1) is 13.1. The van der Waals surface area contributed by atoms with Crippen LogP contribution in [0.3, 0.4) is 0 Å². The Labute approximate surface area is 96.5 Å². The molecule has 94 valence electrons. The Hall–Kier alpha value is -1.92. The van der Waals surface area contributed by atoms with Crippen molar-refractivity contribution in [2.24, 2.45) is 0 Å². The number of methoxy groups -OCH3 is 2. The molecule has 0 aromatic carbocycles. The number of carbonyl (C=O) groups excluding carboxylic acids is 1. The molecule has 0 amide bonds. The third-order valence-corrected chi connectivity index (χ3v) is 2.21. The minimum atomic E-state index is -2.84. The standard InChI is InChI=1S/C10H12F2N2O3/c1-16-6-4-14-10(13)8(9(11)12)5(6)3-7(15)17-2/h4,9H,3H2,1-2H3,(H2,13,14). The normalized spacial score (nSPS) is 10.4. The van der Waals surface area contributed by atoms with E-state index in [-0.39, 0.29) is 23.6 Å². The topological polar surface area (TPSA) is 74.4 Å². The summed E-state index contributed by atoms with van der Waals surface area (Å²) in [6.45, 7) is 0. The third-order valence-electron chi connectivity index (χ3n) is 2.21. The van der Waals surface area contributed by atoms with Gasteiger partial charge in [-0.25, -0.2) is 13.8 Å². The minimum absolute atomic E-state index is 0.00171. The van der Waals surface area contributed by atoms with Gasteiger partial charge in [-0.05, 0) is 0 Å². The van der Waals surface area contributed by atoms with Crippen molar-refractivity contribution >= 4 is 11.8 Å². The highest BCUT2D eigenvalue weighted by molar-refractivity contribution is 5.75. The van der Waals surface area contributed by atoms with E-state index >= 15 is 0 Å². The average molecular weight is 246 g/mol. The van der Waals surface area contributed by atoms with E-state index in [1.807, 2.05) is 0 Å². The summed E-state index contributed by atoms with van der Waals surface area (Å²) in [6, 6.07) is 0. The molecular formula is C10H12F2N2O3. The second-order valence-corrected chi connectivity index (χ2v) is 3.16. The van der Waals surface area contributed by atoms with Crippen molar-refractivity contribution in [3.8, 4) is 5.75 Å². The van der Waals surface area contributed by atoms with Crippen molar-refractivity contribution < 1.29 is 23.0 Å². The van der Waals surface area contributed by atoms with E-state index < -0.39 is 18.0 Å². The van der Waals surface area contributed by atoms with Gasteiger partial charge in [-0.15, -0.1) is 0 Å². The Morgan fingerprint density at radius 1 is 1.53 bits per heavy atom. The summed E-state index contributed by atoms with van der Waals surface area (Å²) in [5, 5.41) is 0. The molecule has 1 rings (SSSR count). The quantitative estimate of drug-likeness (QED) is 0.811. The molecule has 0 aliphatic heterocycles. The molecule has 0 saturated carbocycles. The van der Waals surface area contributed by atoms with Crippen LogP contribution in [0.5, 0.6) is 5.75 Å². The number of hydrogen-bond donors (Lipinski definition) is 1. The molecule has 0 unspecified atom stereocenters. The molecule has 0 atom stereocenters. The zero-order chi connectivity index (χ0) is 13.0. The second kappa shape index (κ2) is 5.42. The second-order valence-electron chi connectivity index (χ2n) is 3.16. The number of ether oxygens (including phenoxy) is 2. The Balaban J connectivity index is 3.29. The van der Waals surface area contributed by atoms with E-state index in [9.17, 15) is 13.6 Å². The number of nitrogen functional groups attached to an aromatic ring is 1. The fourth-order valence-electron chi connectivity index (χ4n) is 1.38. The van der Waals surface area contributed by atoms with Crippen molar-refractivity contribution in [3.05, 3.63) is 17.3 Å². The lowest BCUT2D eigenvalue weighted by atomic mass is 10.1. The Morgan fingerprint density at radius 2 is 2.18 bits per heavy atom. The Bertz CT molecular complexity index is 424. The van der Waals surface area contributed by atoms with Gasteiger partial charge in [0.15, 0.2) is 0 Å². The number of hydrogen-bond acceptors (Lipinski definition) is 5. The predicted octanol–water partition coefficient (Wildman–Crippen LogP) is 1.33. The van der Waals surface area contributed by atoms with E-state index in [2.05, 4.69) is 9.72 Å². The number of carbonyl (C=O) groups is 1. The Kier molecular flexibility index (Phi) is 4.19. The molecule has 0 spiro atoms. The number of halogens is 2. The van der Waals surface area contributed by atoms with Crippen LogP contribution in [0.4, 0.5) is 14.6 Å². The highest BCUT2D eigenvalue weighted by Gasteiger charge is 2.23. The fourth-order valence-corrected chi connectivity index (χ4v) is 1.38. The molecule has 7 heteroatoms. The van der Waals surface area contributed by atoms with Gasteiger partial charge in [-0.3, -0.25) is 4.79 Å². The molecular weight excluding hydrogens is 234 g/mol. The van der Waals surface area contributed by atoms with Crippen LogP contribution in [-0.4, -0.2) is 25.2 Å². The average Bonchev–Trinajstić information content (AvgIpc) is 2.28. The summed E-state index contributed by atoms with van der Waals surface area (Å²) in [7, 11) is 2.46. The van der Waals surface area contributed by atoms with Gasteiger partial charge in [-0.2, -0.15) is 0 Å². The zero-order valence-electron chi connectivity index (χ0n) is 9.37. The molecule has 5 nitrogen and oxygen atoms in total. The van der Waals surface area contributed by atoms with Gasteiger partial charge >= 0.3 is 5.97 Å². The van der Waals surface area contributed by atoms with Crippen LogP contribution in [0.2, 0.25) is 0 Å². The van der Waals surface area contributed by atoms with E-state index in [0.29, 0.717) is 0 Å². The van der Waals surface area contributed by atoms with Crippen LogP contribution >= 0.6 is 0 Å². The summed E-state index contributed by atoms with van der Waals surface area (Å²) >= 11 is 0. The van der Waals surface area contributed by atoms with Crippen LogP contribution in [0.1, 0.15) is 17.6 Å². The third kappa shape index (κ3) is 2.80. The molecule has 17 heavy (non-hydrogen) atoms. The first-order chi connectivity index (χ1) is 8.01. The monoisotopic (exact) mass is 246 g/mol. The molecule has 0 fully saturated rings. The van der Waals surface area contributed by atoms with Gasteiger partial charge in [0.1, 0.15) is 11.6 Å². The van der Waals surface area contributed by atoms with Crippen molar-refractivity contribution in [1.29, 1.82) is 0 Å². The van der Waals surface area contributed by atoms with Crippen molar-refractivity contribution in [1.82, 2.24) is 4.98 Å². The van der Waals surface area contributed by atoms with E-state index in [1.165, 1.54) is 20.4 Å². The summed E-state index contributed by atoms with van der Waals surface area (Å²) < 4.78 is 35.0. The highest BCUT2D eigenvalue weighted by Crippen LogP contribution is 2.33. The largest absolute Gasteiger partial charge is 0.495 e. The predicted molar refractivity (Wildman–Crippen MR) is 55.9 cm³/mol. The first-order valence-corrected chi connectivity index (χ1v) is 4.67. The summed E-state index contributed by atoms with van der Waals surface area (Å²) in [5.41, 5.74) is 4.88. The van der Waals surface area contributed by atoms with E-state index in [4.69, 9.17) is 10.5 Å².